The molecule has 2 aromatic carbocycles. The van der Waals surface area contributed by atoms with Gasteiger partial charge in [-0.2, -0.15) is 0 Å². The Balaban J connectivity index is 1.71. The highest BCUT2D eigenvalue weighted by Gasteiger charge is 2.14. The molecule has 0 atom stereocenters. The predicted molar refractivity (Wildman–Crippen MR) is 104 cm³/mol. The van der Waals surface area contributed by atoms with Crippen molar-refractivity contribution in [2.75, 3.05) is 17.3 Å². The average molecular weight is 349 g/mol. The second-order valence-electron chi connectivity index (χ2n) is 6.26. The zero-order chi connectivity index (χ0) is 18.5. The third-order valence-electron chi connectivity index (χ3n) is 4.47. The van der Waals surface area contributed by atoms with Crippen LogP contribution in [0.25, 0.3) is 0 Å². The molecule has 26 heavy (non-hydrogen) atoms. The number of carbonyl (C=O) groups excluding carboxylic acids is 1. The van der Waals surface area contributed by atoms with E-state index in [1.54, 1.807) is 0 Å². The van der Waals surface area contributed by atoms with E-state index < -0.39 is 0 Å². The smallest absolute Gasteiger partial charge is 0.224 e. The SMILES string of the molecule is Cc1noc(C)c1CCC(=O)Nc1ccccc1N(C)c1ccccc1. The van der Waals surface area contributed by atoms with Gasteiger partial charge in [0, 0.05) is 24.7 Å². The number of benzene rings is 2. The highest BCUT2D eigenvalue weighted by Crippen LogP contribution is 2.30. The molecule has 0 radical (unpaired) electrons. The molecule has 0 aliphatic carbocycles. The molecule has 3 aromatic rings. The van der Waals surface area contributed by atoms with E-state index in [2.05, 4.69) is 15.4 Å². The molecule has 0 spiro atoms. The molecule has 1 aromatic heterocycles. The topological polar surface area (TPSA) is 58.4 Å². The Morgan fingerprint density at radius 3 is 2.46 bits per heavy atom. The van der Waals surface area contributed by atoms with Crippen LogP contribution in [0.4, 0.5) is 17.1 Å². The molecule has 0 bridgehead atoms. The summed E-state index contributed by atoms with van der Waals surface area (Å²) in [6, 6.07) is 17.9. The quantitative estimate of drug-likeness (QED) is 0.705. The van der Waals surface area contributed by atoms with Crippen molar-refractivity contribution < 1.29 is 9.32 Å². The molecule has 3 rings (SSSR count). The monoisotopic (exact) mass is 349 g/mol. The van der Waals surface area contributed by atoms with Crippen LogP contribution >= 0.6 is 0 Å². The van der Waals surface area contributed by atoms with Gasteiger partial charge < -0.3 is 14.7 Å². The molecule has 0 fully saturated rings. The van der Waals surface area contributed by atoms with E-state index in [0.29, 0.717) is 12.8 Å². The van der Waals surface area contributed by atoms with Crippen LogP contribution in [0.3, 0.4) is 0 Å². The summed E-state index contributed by atoms with van der Waals surface area (Å²) < 4.78 is 5.16. The molecule has 0 aliphatic heterocycles. The molecule has 134 valence electrons. The number of hydrogen-bond donors (Lipinski definition) is 1. The summed E-state index contributed by atoms with van der Waals surface area (Å²) >= 11 is 0. The lowest BCUT2D eigenvalue weighted by Crippen LogP contribution is -2.17. The van der Waals surface area contributed by atoms with E-state index in [9.17, 15) is 4.79 Å². The van der Waals surface area contributed by atoms with E-state index >= 15 is 0 Å². The summed E-state index contributed by atoms with van der Waals surface area (Å²) in [5.74, 6) is 0.749. The zero-order valence-corrected chi connectivity index (χ0v) is 15.3. The highest BCUT2D eigenvalue weighted by molar-refractivity contribution is 5.95. The molecule has 1 heterocycles. The Morgan fingerprint density at radius 2 is 1.77 bits per heavy atom. The largest absolute Gasteiger partial charge is 0.361 e. The zero-order valence-electron chi connectivity index (χ0n) is 15.3. The Morgan fingerprint density at radius 1 is 1.08 bits per heavy atom. The molecule has 0 saturated heterocycles. The van der Waals surface area contributed by atoms with Crippen LogP contribution in [-0.4, -0.2) is 18.1 Å². The normalized spacial score (nSPS) is 10.6. The summed E-state index contributed by atoms with van der Waals surface area (Å²) in [7, 11) is 1.99. The van der Waals surface area contributed by atoms with E-state index in [-0.39, 0.29) is 5.91 Å². The number of anilines is 3. The minimum atomic E-state index is -0.0288. The lowest BCUT2D eigenvalue weighted by Gasteiger charge is -2.22. The molecular weight excluding hydrogens is 326 g/mol. The van der Waals surface area contributed by atoms with Gasteiger partial charge in [-0.25, -0.2) is 0 Å². The maximum atomic E-state index is 12.5. The Bertz CT molecular complexity index is 868. The Labute approximate surface area is 153 Å². The fourth-order valence-electron chi connectivity index (χ4n) is 2.97. The standard InChI is InChI=1S/C21H23N3O2/c1-15-18(16(2)26-23-15)13-14-21(25)22-19-11-7-8-12-20(19)24(3)17-9-5-4-6-10-17/h4-12H,13-14H2,1-3H3,(H,22,25). The fourth-order valence-corrected chi connectivity index (χ4v) is 2.97. The van der Waals surface area contributed by atoms with Gasteiger partial charge in [-0.3, -0.25) is 4.79 Å². The maximum absolute atomic E-state index is 12.5. The summed E-state index contributed by atoms with van der Waals surface area (Å²) in [4.78, 5) is 14.5. The van der Waals surface area contributed by atoms with Crippen molar-refractivity contribution in [2.45, 2.75) is 26.7 Å². The van der Waals surface area contributed by atoms with Gasteiger partial charge in [-0.15, -0.1) is 0 Å². The van der Waals surface area contributed by atoms with Crippen molar-refractivity contribution in [2.24, 2.45) is 0 Å². The minimum absolute atomic E-state index is 0.0288. The number of hydrogen-bond acceptors (Lipinski definition) is 4. The summed E-state index contributed by atoms with van der Waals surface area (Å²) in [6.45, 7) is 3.77. The Kier molecular flexibility index (Phi) is 5.37. The number of nitrogens with zero attached hydrogens (tertiary/aromatic N) is 2. The Hall–Kier alpha value is -3.08. The predicted octanol–water partition coefficient (Wildman–Crippen LogP) is 4.63. The lowest BCUT2D eigenvalue weighted by molar-refractivity contribution is -0.116. The molecule has 0 unspecified atom stereocenters. The van der Waals surface area contributed by atoms with Crippen LogP contribution in [0.2, 0.25) is 0 Å². The second kappa shape index (κ2) is 7.87. The lowest BCUT2D eigenvalue weighted by atomic mass is 10.1. The van der Waals surface area contributed by atoms with Gasteiger partial charge in [-0.1, -0.05) is 35.5 Å². The van der Waals surface area contributed by atoms with E-state index in [1.807, 2.05) is 75.5 Å². The van der Waals surface area contributed by atoms with Gasteiger partial charge in [0.05, 0.1) is 17.1 Å². The number of aromatic nitrogens is 1. The number of nitrogens with one attached hydrogen (secondary N) is 1. The van der Waals surface area contributed by atoms with Crippen LogP contribution in [-0.2, 0) is 11.2 Å². The van der Waals surface area contributed by atoms with Crippen molar-refractivity contribution >= 4 is 23.0 Å². The van der Waals surface area contributed by atoms with Gasteiger partial charge in [0.1, 0.15) is 5.76 Å². The van der Waals surface area contributed by atoms with Crippen LogP contribution in [0.15, 0.2) is 59.1 Å². The molecule has 0 aliphatic rings. The van der Waals surface area contributed by atoms with Crippen molar-refractivity contribution in [3.8, 4) is 0 Å². The van der Waals surface area contributed by atoms with Gasteiger partial charge in [-0.05, 0) is 44.5 Å². The molecule has 5 nitrogen and oxygen atoms in total. The van der Waals surface area contributed by atoms with Crippen LogP contribution in [0.5, 0.6) is 0 Å². The third kappa shape index (κ3) is 3.94. The van der Waals surface area contributed by atoms with Crippen LogP contribution < -0.4 is 10.2 Å². The van der Waals surface area contributed by atoms with Crippen molar-refractivity contribution in [3.05, 3.63) is 71.6 Å². The van der Waals surface area contributed by atoms with Crippen molar-refractivity contribution in [3.63, 3.8) is 0 Å². The molecule has 0 saturated carbocycles. The number of carbonyl (C=O) groups is 1. The third-order valence-corrected chi connectivity index (χ3v) is 4.47. The number of aryl methyl sites for hydroxylation is 2. The van der Waals surface area contributed by atoms with Gasteiger partial charge in [0.15, 0.2) is 0 Å². The summed E-state index contributed by atoms with van der Waals surface area (Å²) in [5.41, 5.74) is 4.66. The number of para-hydroxylation sites is 3. The summed E-state index contributed by atoms with van der Waals surface area (Å²) in [5, 5.41) is 6.97. The molecule has 1 N–H and O–H groups in total. The van der Waals surface area contributed by atoms with E-state index in [1.165, 1.54) is 0 Å². The molecule has 5 heteroatoms. The van der Waals surface area contributed by atoms with E-state index in [4.69, 9.17) is 4.52 Å². The molecular formula is C21H23N3O2. The molecule has 1 amide bonds. The first kappa shape index (κ1) is 17.7. The van der Waals surface area contributed by atoms with Gasteiger partial charge in [0.2, 0.25) is 5.91 Å². The highest BCUT2D eigenvalue weighted by atomic mass is 16.5. The van der Waals surface area contributed by atoms with E-state index in [0.717, 1.165) is 34.1 Å². The first-order valence-corrected chi connectivity index (χ1v) is 8.65. The first-order chi connectivity index (χ1) is 12.6. The van der Waals surface area contributed by atoms with Gasteiger partial charge in [0.25, 0.3) is 0 Å². The number of rotatable bonds is 6. The summed E-state index contributed by atoms with van der Waals surface area (Å²) in [6.07, 6.45) is 0.996. The van der Waals surface area contributed by atoms with Crippen LogP contribution in [0.1, 0.15) is 23.4 Å². The average Bonchev–Trinajstić information content (AvgIpc) is 2.98. The maximum Gasteiger partial charge on any atom is 0.224 e. The van der Waals surface area contributed by atoms with Crippen LogP contribution in [0, 0.1) is 13.8 Å². The number of amides is 1. The fraction of sp³-hybridized carbons (Fsp3) is 0.238. The second-order valence-corrected chi connectivity index (χ2v) is 6.26. The minimum Gasteiger partial charge on any atom is -0.361 e. The first-order valence-electron chi connectivity index (χ1n) is 8.65. The van der Waals surface area contributed by atoms with Crippen molar-refractivity contribution in [1.29, 1.82) is 0 Å². The van der Waals surface area contributed by atoms with Crippen molar-refractivity contribution in [1.82, 2.24) is 5.16 Å². The van der Waals surface area contributed by atoms with Gasteiger partial charge >= 0.3 is 0 Å².